The Morgan fingerprint density at radius 2 is 2.31 bits per heavy atom. The lowest BCUT2D eigenvalue weighted by Gasteiger charge is -2.15. The summed E-state index contributed by atoms with van der Waals surface area (Å²) in [5.41, 5.74) is 0. The van der Waals surface area contributed by atoms with Gasteiger partial charge in [0.2, 0.25) is 0 Å². The highest BCUT2D eigenvalue weighted by Crippen LogP contribution is 2.22. The highest BCUT2D eigenvalue weighted by atomic mass is 16.7. The summed E-state index contributed by atoms with van der Waals surface area (Å²) in [5, 5.41) is 0. The van der Waals surface area contributed by atoms with Crippen molar-refractivity contribution >= 4 is 5.78 Å². The molecule has 0 radical (unpaired) electrons. The van der Waals surface area contributed by atoms with Crippen molar-refractivity contribution in [2.45, 2.75) is 39.1 Å². The lowest BCUT2D eigenvalue weighted by atomic mass is 10.2. The van der Waals surface area contributed by atoms with Crippen LogP contribution in [0.5, 0.6) is 0 Å². The molecule has 1 saturated heterocycles. The van der Waals surface area contributed by atoms with Crippen molar-refractivity contribution < 1.29 is 14.3 Å². The number of carbonyl (C=O) groups excluding carboxylic acids is 1. The molecule has 0 bridgehead atoms. The molecule has 0 N–H and O–H groups in total. The molecule has 0 saturated carbocycles. The first-order chi connectivity index (χ1) is 6.03. The minimum Gasteiger partial charge on any atom is -0.347 e. The molecule has 3 heteroatoms. The van der Waals surface area contributed by atoms with E-state index in [0.29, 0.717) is 13.0 Å². The third-order valence-corrected chi connectivity index (χ3v) is 1.88. The molecular weight excluding hydrogens is 168 g/mol. The van der Waals surface area contributed by atoms with Crippen LogP contribution in [0.25, 0.3) is 0 Å². The zero-order chi connectivity index (χ0) is 9.90. The molecule has 1 aliphatic rings. The van der Waals surface area contributed by atoms with E-state index < -0.39 is 5.79 Å². The Morgan fingerprint density at radius 3 is 2.77 bits per heavy atom. The molecule has 0 unspecified atom stereocenters. The predicted octanol–water partition coefficient (Wildman–Crippen LogP) is 1.67. The Hall–Kier alpha value is -0.670. The second-order valence-electron chi connectivity index (χ2n) is 3.55. The first kappa shape index (κ1) is 10.4. The maximum atomic E-state index is 10.9. The van der Waals surface area contributed by atoms with Gasteiger partial charge in [-0.15, -0.1) is 0 Å². The van der Waals surface area contributed by atoms with Crippen LogP contribution in [0.1, 0.15) is 27.2 Å². The fraction of sp³-hybridized carbons (Fsp3) is 0.700. The summed E-state index contributed by atoms with van der Waals surface area (Å²) in [6, 6.07) is 0. The smallest absolute Gasteiger partial charge is 0.163 e. The van der Waals surface area contributed by atoms with Crippen molar-refractivity contribution in [3.63, 3.8) is 0 Å². The molecule has 0 aliphatic carbocycles. The molecule has 0 spiro atoms. The van der Waals surface area contributed by atoms with Crippen LogP contribution in [-0.2, 0) is 14.3 Å². The van der Waals surface area contributed by atoms with Crippen LogP contribution in [0.15, 0.2) is 12.2 Å². The second kappa shape index (κ2) is 4.03. The van der Waals surface area contributed by atoms with Gasteiger partial charge >= 0.3 is 0 Å². The molecular formula is C10H16O3. The second-order valence-corrected chi connectivity index (χ2v) is 3.55. The normalized spacial score (nSPS) is 26.8. The number of allylic oxidation sites excluding steroid dienone is 1. The predicted molar refractivity (Wildman–Crippen MR) is 49.3 cm³/mol. The van der Waals surface area contributed by atoms with Gasteiger partial charge in [0.05, 0.1) is 6.61 Å². The number of ether oxygens (including phenoxy) is 2. The first-order valence-corrected chi connectivity index (χ1v) is 4.56. The molecule has 1 heterocycles. The Kier molecular flexibility index (Phi) is 3.22. The van der Waals surface area contributed by atoms with Crippen LogP contribution >= 0.6 is 0 Å². The van der Waals surface area contributed by atoms with Gasteiger partial charge in [0.25, 0.3) is 0 Å². The van der Waals surface area contributed by atoms with E-state index in [1.165, 1.54) is 0 Å². The summed E-state index contributed by atoms with van der Waals surface area (Å²) in [6.45, 7) is 6.09. The lowest BCUT2D eigenvalue weighted by molar-refractivity contribution is -0.133. The van der Waals surface area contributed by atoms with Crippen molar-refractivity contribution in [1.29, 1.82) is 0 Å². The van der Waals surface area contributed by atoms with Gasteiger partial charge in [-0.25, -0.2) is 0 Å². The monoisotopic (exact) mass is 184 g/mol. The van der Waals surface area contributed by atoms with E-state index in [2.05, 4.69) is 0 Å². The largest absolute Gasteiger partial charge is 0.347 e. The molecule has 3 nitrogen and oxygen atoms in total. The maximum absolute atomic E-state index is 10.9. The van der Waals surface area contributed by atoms with Gasteiger partial charge in [0.15, 0.2) is 11.6 Å². The number of ketones is 1. The fourth-order valence-corrected chi connectivity index (χ4v) is 1.14. The van der Waals surface area contributed by atoms with Gasteiger partial charge in [-0.2, -0.15) is 0 Å². The Balaban J connectivity index is 2.40. The Morgan fingerprint density at radius 1 is 1.62 bits per heavy atom. The van der Waals surface area contributed by atoms with Gasteiger partial charge in [-0.3, -0.25) is 4.79 Å². The molecule has 0 aromatic rings. The van der Waals surface area contributed by atoms with Crippen LogP contribution in [0.3, 0.4) is 0 Å². The van der Waals surface area contributed by atoms with Crippen molar-refractivity contribution in [2.24, 2.45) is 0 Å². The summed E-state index contributed by atoms with van der Waals surface area (Å²) >= 11 is 0. The molecule has 0 amide bonds. The van der Waals surface area contributed by atoms with E-state index >= 15 is 0 Å². The van der Waals surface area contributed by atoms with Crippen LogP contribution in [0, 0.1) is 0 Å². The highest BCUT2D eigenvalue weighted by Gasteiger charge is 2.30. The molecule has 13 heavy (non-hydrogen) atoms. The van der Waals surface area contributed by atoms with Gasteiger partial charge in [0, 0.05) is 6.42 Å². The van der Waals surface area contributed by atoms with Crippen molar-refractivity contribution in [1.82, 2.24) is 0 Å². The third-order valence-electron chi connectivity index (χ3n) is 1.88. The summed E-state index contributed by atoms with van der Waals surface area (Å²) in [6.07, 6.45) is 3.79. The molecule has 74 valence electrons. The van der Waals surface area contributed by atoms with Crippen molar-refractivity contribution in [3.05, 3.63) is 12.2 Å². The third kappa shape index (κ3) is 3.28. The van der Waals surface area contributed by atoms with E-state index in [9.17, 15) is 4.79 Å². The van der Waals surface area contributed by atoms with E-state index in [4.69, 9.17) is 9.47 Å². The molecule has 1 fully saturated rings. The number of rotatable bonds is 3. The van der Waals surface area contributed by atoms with Gasteiger partial charge in [-0.1, -0.05) is 6.92 Å². The van der Waals surface area contributed by atoms with Crippen LogP contribution in [0.4, 0.5) is 0 Å². The number of hydrogen-bond donors (Lipinski definition) is 0. The van der Waals surface area contributed by atoms with Crippen LogP contribution < -0.4 is 0 Å². The molecule has 1 atom stereocenters. The van der Waals surface area contributed by atoms with Crippen molar-refractivity contribution in [2.75, 3.05) is 6.61 Å². The van der Waals surface area contributed by atoms with E-state index in [0.717, 1.165) is 0 Å². The molecule has 0 aromatic carbocycles. The standard InChI is InChI=1S/C10H16O3/c1-4-8(11)5-6-9-7-12-10(2,3)13-9/h5-6,9H,4,7H2,1-3H3/t9-/m0/s1. The average molecular weight is 184 g/mol. The SMILES string of the molecule is CCC(=O)C=C[C@H]1COC(C)(C)O1. The summed E-state index contributed by atoms with van der Waals surface area (Å²) in [4.78, 5) is 10.9. The Labute approximate surface area is 78.7 Å². The summed E-state index contributed by atoms with van der Waals surface area (Å²) < 4.78 is 10.8. The van der Waals surface area contributed by atoms with Crippen LogP contribution in [-0.4, -0.2) is 24.3 Å². The summed E-state index contributed by atoms with van der Waals surface area (Å²) in [5.74, 6) is -0.391. The Bertz CT molecular complexity index is 218. The van der Waals surface area contributed by atoms with E-state index in [1.807, 2.05) is 20.8 Å². The summed E-state index contributed by atoms with van der Waals surface area (Å²) in [7, 11) is 0. The highest BCUT2D eigenvalue weighted by molar-refractivity contribution is 5.89. The topological polar surface area (TPSA) is 35.5 Å². The van der Waals surface area contributed by atoms with Gasteiger partial charge in [0.1, 0.15) is 6.10 Å². The quantitative estimate of drug-likeness (QED) is 0.626. The van der Waals surface area contributed by atoms with Gasteiger partial charge in [-0.05, 0) is 26.0 Å². The van der Waals surface area contributed by atoms with Gasteiger partial charge < -0.3 is 9.47 Å². The van der Waals surface area contributed by atoms with Crippen LogP contribution in [0.2, 0.25) is 0 Å². The average Bonchev–Trinajstić information content (AvgIpc) is 2.41. The fourth-order valence-electron chi connectivity index (χ4n) is 1.14. The minimum atomic E-state index is -0.510. The zero-order valence-corrected chi connectivity index (χ0v) is 8.37. The molecule has 1 aliphatic heterocycles. The lowest BCUT2D eigenvalue weighted by Crippen LogP contribution is -2.20. The number of hydrogen-bond acceptors (Lipinski definition) is 3. The molecule has 1 rings (SSSR count). The first-order valence-electron chi connectivity index (χ1n) is 4.56. The maximum Gasteiger partial charge on any atom is 0.163 e. The zero-order valence-electron chi connectivity index (χ0n) is 8.37. The minimum absolute atomic E-state index is 0.0782. The molecule has 0 aromatic heterocycles. The van der Waals surface area contributed by atoms with Crippen molar-refractivity contribution in [3.8, 4) is 0 Å². The number of carbonyl (C=O) groups is 1. The van der Waals surface area contributed by atoms with E-state index in [1.54, 1.807) is 12.2 Å². The van der Waals surface area contributed by atoms with E-state index in [-0.39, 0.29) is 11.9 Å².